The predicted molar refractivity (Wildman–Crippen MR) is 181 cm³/mol. The second-order valence-electron chi connectivity index (χ2n) is 12.0. The Morgan fingerprint density at radius 2 is 1.00 bits per heavy atom. The minimum Gasteiger partial charge on any atom is -0.394 e. The van der Waals surface area contributed by atoms with Gasteiger partial charge in [0.1, 0.15) is 6.10 Å². The summed E-state index contributed by atoms with van der Waals surface area (Å²) in [5.74, 6) is -0.520. The van der Waals surface area contributed by atoms with Crippen molar-refractivity contribution in [3.8, 4) is 0 Å². The van der Waals surface area contributed by atoms with E-state index in [2.05, 4.69) is 43.5 Å². The normalized spacial score (nSPS) is 14.3. The molecule has 5 heteroatoms. The molecule has 246 valence electrons. The topological polar surface area (TPSA) is 89.8 Å². The smallest absolute Gasteiger partial charge is 0.249 e. The highest BCUT2D eigenvalue weighted by Gasteiger charge is 2.22. The fraction of sp³-hybridized carbons (Fsp3) is 0.811. The number of rotatable bonds is 31. The van der Waals surface area contributed by atoms with Crippen LogP contribution in [0.5, 0.6) is 0 Å². The van der Waals surface area contributed by atoms with Crippen LogP contribution in [0.1, 0.15) is 168 Å². The molecule has 0 aliphatic carbocycles. The zero-order valence-corrected chi connectivity index (χ0v) is 27.6. The molecule has 0 spiro atoms. The third kappa shape index (κ3) is 27.4. The Kier molecular flexibility index (Phi) is 31.4. The minimum atomic E-state index is -1.10. The molecule has 0 aromatic heterocycles. The highest BCUT2D eigenvalue weighted by Crippen LogP contribution is 2.15. The molecule has 0 saturated heterocycles. The van der Waals surface area contributed by atoms with Gasteiger partial charge in [-0.3, -0.25) is 4.79 Å². The number of aliphatic hydroxyl groups is 3. The van der Waals surface area contributed by atoms with Gasteiger partial charge in [-0.05, 0) is 38.5 Å². The maximum absolute atomic E-state index is 12.4. The lowest BCUT2D eigenvalue weighted by atomic mass is 10.0. The molecule has 0 aliphatic rings. The van der Waals surface area contributed by atoms with Gasteiger partial charge in [-0.15, -0.1) is 0 Å². The summed E-state index contributed by atoms with van der Waals surface area (Å²) in [7, 11) is 0. The Hall–Kier alpha value is -1.43. The second kappa shape index (κ2) is 32.5. The summed E-state index contributed by atoms with van der Waals surface area (Å²) >= 11 is 0. The fourth-order valence-corrected chi connectivity index (χ4v) is 5.16. The summed E-state index contributed by atoms with van der Waals surface area (Å²) in [5.41, 5.74) is 0. The van der Waals surface area contributed by atoms with Gasteiger partial charge in [0.25, 0.3) is 0 Å². The number of carbonyl (C=O) groups excluding carboxylic acids is 1. The molecule has 0 aromatic rings. The fourth-order valence-electron chi connectivity index (χ4n) is 5.16. The van der Waals surface area contributed by atoms with Gasteiger partial charge in [0, 0.05) is 0 Å². The van der Waals surface area contributed by atoms with Gasteiger partial charge >= 0.3 is 0 Å². The van der Waals surface area contributed by atoms with Gasteiger partial charge in [0.05, 0.1) is 18.8 Å². The highest BCUT2D eigenvalue weighted by molar-refractivity contribution is 5.80. The first-order chi connectivity index (χ1) is 20.6. The van der Waals surface area contributed by atoms with E-state index in [4.69, 9.17) is 0 Å². The molecule has 0 fully saturated rings. The van der Waals surface area contributed by atoms with Crippen LogP contribution >= 0.6 is 0 Å². The van der Waals surface area contributed by atoms with E-state index in [-0.39, 0.29) is 6.61 Å². The maximum Gasteiger partial charge on any atom is 0.249 e. The van der Waals surface area contributed by atoms with Crippen LogP contribution < -0.4 is 5.32 Å². The average Bonchev–Trinajstić information content (AvgIpc) is 2.99. The molecule has 3 unspecified atom stereocenters. The van der Waals surface area contributed by atoms with Crippen LogP contribution in [0.25, 0.3) is 0 Å². The summed E-state index contributed by atoms with van der Waals surface area (Å²) in [4.78, 5) is 12.4. The Morgan fingerprint density at radius 1 is 0.595 bits per heavy atom. The van der Waals surface area contributed by atoms with Gasteiger partial charge in [-0.2, -0.15) is 0 Å². The van der Waals surface area contributed by atoms with Gasteiger partial charge in [0.2, 0.25) is 5.91 Å². The molecule has 0 saturated carbocycles. The van der Waals surface area contributed by atoms with Crippen molar-refractivity contribution in [2.24, 2.45) is 0 Å². The van der Waals surface area contributed by atoms with Crippen molar-refractivity contribution in [1.29, 1.82) is 0 Å². The molecule has 5 nitrogen and oxygen atoms in total. The predicted octanol–water partition coefficient (Wildman–Crippen LogP) is 9.26. The van der Waals surface area contributed by atoms with E-state index in [0.29, 0.717) is 6.42 Å². The Balaban J connectivity index is 3.73. The van der Waals surface area contributed by atoms with Crippen molar-refractivity contribution in [3.05, 3.63) is 36.5 Å². The zero-order valence-electron chi connectivity index (χ0n) is 27.6. The molecule has 0 aliphatic heterocycles. The SMILES string of the molecule is CC/C=C/CC/C=C/CC/C=C/C(O)C(CO)NC(=O)C(O)CCCCCCCCCCCCCCCCCCCC. The first-order valence-electron chi connectivity index (χ1n) is 17.8. The van der Waals surface area contributed by atoms with Crippen molar-refractivity contribution in [3.63, 3.8) is 0 Å². The summed E-state index contributed by atoms with van der Waals surface area (Å²) < 4.78 is 0. The molecule has 0 heterocycles. The van der Waals surface area contributed by atoms with Crippen molar-refractivity contribution in [2.45, 2.75) is 186 Å². The quantitative estimate of drug-likeness (QED) is 0.0478. The van der Waals surface area contributed by atoms with Crippen LogP contribution in [-0.4, -0.2) is 46.1 Å². The lowest BCUT2D eigenvalue weighted by Crippen LogP contribution is -2.48. The van der Waals surface area contributed by atoms with Crippen LogP contribution in [0.3, 0.4) is 0 Å². The van der Waals surface area contributed by atoms with Crippen LogP contribution in [0.4, 0.5) is 0 Å². The third-order valence-electron chi connectivity index (χ3n) is 7.97. The van der Waals surface area contributed by atoms with Crippen molar-refractivity contribution < 1.29 is 20.1 Å². The number of aliphatic hydroxyl groups excluding tert-OH is 3. The molecule has 0 radical (unpaired) electrons. The van der Waals surface area contributed by atoms with Crippen LogP contribution in [0.15, 0.2) is 36.5 Å². The van der Waals surface area contributed by atoms with Crippen molar-refractivity contribution >= 4 is 5.91 Å². The molecule has 0 bridgehead atoms. The Labute approximate surface area is 260 Å². The molecular formula is C37H69NO4. The van der Waals surface area contributed by atoms with Gasteiger partial charge in [-0.1, -0.05) is 166 Å². The van der Waals surface area contributed by atoms with E-state index in [1.54, 1.807) is 6.08 Å². The van der Waals surface area contributed by atoms with Crippen LogP contribution in [0.2, 0.25) is 0 Å². The number of unbranched alkanes of at least 4 members (excludes halogenated alkanes) is 19. The van der Waals surface area contributed by atoms with Gasteiger partial charge in [-0.25, -0.2) is 0 Å². The summed E-state index contributed by atoms with van der Waals surface area (Å²) in [6.45, 7) is 4.02. The first-order valence-corrected chi connectivity index (χ1v) is 17.8. The van der Waals surface area contributed by atoms with Crippen molar-refractivity contribution in [2.75, 3.05) is 6.61 Å². The molecule has 0 rings (SSSR count). The van der Waals surface area contributed by atoms with Crippen molar-refractivity contribution in [1.82, 2.24) is 5.32 Å². The Bertz CT molecular complexity index is 660. The third-order valence-corrected chi connectivity index (χ3v) is 7.97. The summed E-state index contributed by atoms with van der Waals surface area (Å²) in [5, 5.41) is 32.8. The number of hydrogen-bond donors (Lipinski definition) is 4. The molecular weight excluding hydrogens is 522 g/mol. The molecule has 4 N–H and O–H groups in total. The number of nitrogens with one attached hydrogen (secondary N) is 1. The molecule has 1 amide bonds. The van der Waals surface area contributed by atoms with E-state index in [1.165, 1.54) is 96.3 Å². The second-order valence-corrected chi connectivity index (χ2v) is 12.0. The summed E-state index contributed by atoms with van der Waals surface area (Å²) in [6.07, 6.45) is 38.8. The first kappa shape index (κ1) is 40.6. The monoisotopic (exact) mass is 592 g/mol. The van der Waals surface area contributed by atoms with E-state index < -0.39 is 24.2 Å². The van der Waals surface area contributed by atoms with E-state index in [9.17, 15) is 20.1 Å². The van der Waals surface area contributed by atoms with E-state index in [1.807, 2.05) is 6.08 Å². The van der Waals surface area contributed by atoms with E-state index >= 15 is 0 Å². The van der Waals surface area contributed by atoms with Crippen LogP contribution in [0, 0.1) is 0 Å². The molecule has 0 aromatic carbocycles. The average molecular weight is 592 g/mol. The van der Waals surface area contributed by atoms with Gasteiger partial charge < -0.3 is 20.6 Å². The number of amides is 1. The lowest BCUT2D eigenvalue weighted by Gasteiger charge is -2.21. The van der Waals surface area contributed by atoms with Gasteiger partial charge in [0.15, 0.2) is 0 Å². The lowest BCUT2D eigenvalue weighted by molar-refractivity contribution is -0.131. The van der Waals surface area contributed by atoms with E-state index in [0.717, 1.165) is 51.4 Å². The highest BCUT2D eigenvalue weighted by atomic mass is 16.3. The minimum absolute atomic E-state index is 0.381. The molecule has 42 heavy (non-hydrogen) atoms. The van der Waals surface area contributed by atoms with Crippen LogP contribution in [-0.2, 0) is 4.79 Å². The number of carbonyl (C=O) groups is 1. The number of hydrogen-bond acceptors (Lipinski definition) is 4. The number of allylic oxidation sites excluding steroid dienone is 5. The zero-order chi connectivity index (χ0) is 30.9. The molecule has 3 atom stereocenters. The standard InChI is InChI=1S/C37H69NO4/c1-3-5-7-9-11-13-15-16-17-18-19-20-21-22-24-26-28-30-32-36(41)37(42)38-34(33-39)35(40)31-29-27-25-23-14-12-10-8-6-4-2/h6,8,14,23,29,31,34-36,39-41H,3-5,7,9-13,15-22,24-28,30,32-33H2,1-2H3,(H,38,42)/b8-6+,23-14+,31-29+. The Morgan fingerprint density at radius 3 is 1.43 bits per heavy atom. The maximum atomic E-state index is 12.4. The summed E-state index contributed by atoms with van der Waals surface area (Å²) in [6, 6.07) is -0.815. The largest absolute Gasteiger partial charge is 0.394 e.